The smallest absolute Gasteiger partial charge is 0.295 e. The van der Waals surface area contributed by atoms with E-state index in [1.807, 2.05) is 0 Å². The Bertz CT molecular complexity index is 504. The molecule has 1 saturated heterocycles. The Morgan fingerprint density at radius 1 is 1.61 bits per heavy atom. The molecular weight excluding hydrogens is 242 g/mol. The number of nitro benzene ring substituents is 1. The van der Waals surface area contributed by atoms with Gasteiger partial charge >= 0.3 is 0 Å². The molecular formula is C10H11N3O5. The summed E-state index contributed by atoms with van der Waals surface area (Å²) in [5.41, 5.74) is 5.00. The van der Waals surface area contributed by atoms with E-state index in [2.05, 4.69) is 0 Å². The molecule has 1 aromatic rings. The molecule has 0 radical (unpaired) electrons. The number of hydrogen-bond donors (Lipinski definition) is 2. The van der Waals surface area contributed by atoms with Gasteiger partial charge in [-0.25, -0.2) is 5.06 Å². The van der Waals surface area contributed by atoms with Gasteiger partial charge < -0.3 is 10.8 Å². The van der Waals surface area contributed by atoms with Gasteiger partial charge in [0.25, 0.3) is 5.69 Å². The van der Waals surface area contributed by atoms with Crippen LogP contribution in [-0.2, 0) is 4.84 Å². The molecule has 18 heavy (non-hydrogen) atoms. The highest BCUT2D eigenvalue weighted by Gasteiger charge is 2.28. The molecule has 1 heterocycles. The number of amides is 1. The minimum atomic E-state index is -0.743. The third-order valence-corrected chi connectivity index (χ3v) is 2.52. The number of nitrogens with zero attached hydrogens (tertiary/aromatic N) is 2. The lowest BCUT2D eigenvalue weighted by atomic mass is 10.1. The average Bonchev–Trinajstić information content (AvgIpc) is 2.74. The van der Waals surface area contributed by atoms with Crippen molar-refractivity contribution in [1.82, 2.24) is 0 Å². The Balaban J connectivity index is 2.41. The first kappa shape index (κ1) is 12.3. The number of hydrogen-bond acceptors (Lipinski definition) is 6. The molecule has 0 bridgehead atoms. The van der Waals surface area contributed by atoms with Gasteiger partial charge in [0.05, 0.1) is 17.6 Å². The second-order valence-corrected chi connectivity index (χ2v) is 3.84. The van der Waals surface area contributed by atoms with Crippen LogP contribution in [0.1, 0.15) is 10.4 Å². The number of nitro groups is 1. The number of aliphatic hydroxyl groups is 1. The van der Waals surface area contributed by atoms with Gasteiger partial charge in [-0.15, -0.1) is 0 Å². The summed E-state index contributed by atoms with van der Waals surface area (Å²) in [4.78, 5) is 26.4. The van der Waals surface area contributed by atoms with Gasteiger partial charge in [0.15, 0.2) is 0 Å². The largest absolute Gasteiger partial charge is 0.389 e. The Kier molecular flexibility index (Phi) is 3.13. The number of carbonyl (C=O) groups excluding carboxylic acids is 1. The fourth-order valence-electron chi connectivity index (χ4n) is 1.67. The zero-order valence-electron chi connectivity index (χ0n) is 9.28. The van der Waals surface area contributed by atoms with Gasteiger partial charge in [0.1, 0.15) is 12.3 Å². The lowest BCUT2D eigenvalue weighted by molar-refractivity contribution is -0.384. The van der Waals surface area contributed by atoms with E-state index in [9.17, 15) is 20.0 Å². The topological polar surface area (TPSA) is 119 Å². The zero-order chi connectivity index (χ0) is 13.3. The minimum Gasteiger partial charge on any atom is -0.389 e. The maximum Gasteiger partial charge on any atom is 0.295 e. The predicted octanol–water partition coefficient (Wildman–Crippen LogP) is -0.194. The number of hydroxylamine groups is 1. The zero-order valence-corrected chi connectivity index (χ0v) is 9.28. The van der Waals surface area contributed by atoms with Crippen molar-refractivity contribution < 1.29 is 19.7 Å². The monoisotopic (exact) mass is 253 g/mol. The number of anilines is 1. The number of nitrogens with two attached hydrogens (primary N) is 1. The molecule has 1 amide bonds. The van der Waals surface area contributed by atoms with Gasteiger partial charge in [-0.2, -0.15) is 0 Å². The third-order valence-electron chi connectivity index (χ3n) is 2.52. The molecule has 1 unspecified atom stereocenters. The van der Waals surface area contributed by atoms with E-state index in [0.29, 0.717) is 0 Å². The Morgan fingerprint density at radius 3 is 2.83 bits per heavy atom. The van der Waals surface area contributed by atoms with Crippen molar-refractivity contribution in [3.05, 3.63) is 33.9 Å². The number of aliphatic hydroxyl groups excluding tert-OH is 1. The van der Waals surface area contributed by atoms with Crippen molar-refractivity contribution in [2.24, 2.45) is 5.73 Å². The van der Waals surface area contributed by atoms with E-state index in [1.54, 1.807) is 0 Å². The van der Waals surface area contributed by atoms with Crippen LogP contribution in [0.3, 0.4) is 0 Å². The summed E-state index contributed by atoms with van der Waals surface area (Å²) in [5.74, 6) is -0.743. The standard InChI is InChI=1S/C10H11N3O5/c11-10(15)6-1-2-8(9(3-6)13(16)17)12-4-7(14)5-18-12/h1-3,7,14H,4-5H2,(H2,11,15). The molecule has 1 fully saturated rings. The van der Waals surface area contributed by atoms with Gasteiger partial charge in [0, 0.05) is 11.6 Å². The second kappa shape index (κ2) is 4.59. The second-order valence-electron chi connectivity index (χ2n) is 3.84. The maximum atomic E-state index is 11.0. The minimum absolute atomic E-state index is 0.0465. The van der Waals surface area contributed by atoms with E-state index < -0.39 is 16.9 Å². The van der Waals surface area contributed by atoms with Crippen LogP contribution in [0.2, 0.25) is 0 Å². The molecule has 0 aliphatic carbocycles. The van der Waals surface area contributed by atoms with Crippen molar-refractivity contribution in [3.8, 4) is 0 Å². The predicted molar refractivity (Wildman–Crippen MR) is 60.9 cm³/mol. The Labute approximate surface area is 102 Å². The van der Waals surface area contributed by atoms with Gasteiger partial charge in [-0.1, -0.05) is 0 Å². The lowest BCUT2D eigenvalue weighted by Crippen LogP contribution is -2.21. The van der Waals surface area contributed by atoms with E-state index in [0.717, 1.165) is 6.07 Å². The van der Waals surface area contributed by atoms with Crippen LogP contribution in [0, 0.1) is 10.1 Å². The van der Waals surface area contributed by atoms with Crippen molar-refractivity contribution in [2.45, 2.75) is 6.10 Å². The van der Waals surface area contributed by atoms with Crippen LogP contribution in [0.15, 0.2) is 18.2 Å². The lowest BCUT2D eigenvalue weighted by Gasteiger charge is -2.16. The average molecular weight is 253 g/mol. The molecule has 2 rings (SSSR count). The summed E-state index contributed by atoms with van der Waals surface area (Å²) < 4.78 is 0. The fraction of sp³-hybridized carbons (Fsp3) is 0.300. The van der Waals surface area contributed by atoms with Crippen LogP contribution in [0.4, 0.5) is 11.4 Å². The molecule has 96 valence electrons. The molecule has 1 aliphatic heterocycles. The summed E-state index contributed by atoms with van der Waals surface area (Å²) in [6, 6.07) is 3.83. The molecule has 0 aromatic heterocycles. The maximum absolute atomic E-state index is 11.0. The molecule has 8 heteroatoms. The number of β-amino-alcohol motifs (C(OH)–C–C–N with tert-alkyl or cyclic N) is 1. The highest BCUT2D eigenvalue weighted by molar-refractivity contribution is 5.94. The summed E-state index contributed by atoms with van der Waals surface area (Å²) >= 11 is 0. The van der Waals surface area contributed by atoms with Crippen molar-refractivity contribution >= 4 is 17.3 Å². The van der Waals surface area contributed by atoms with Gasteiger partial charge in [-0.3, -0.25) is 19.7 Å². The third kappa shape index (κ3) is 2.24. The van der Waals surface area contributed by atoms with Crippen molar-refractivity contribution in [1.29, 1.82) is 0 Å². The molecule has 8 nitrogen and oxygen atoms in total. The van der Waals surface area contributed by atoms with Crippen molar-refractivity contribution in [3.63, 3.8) is 0 Å². The first-order chi connectivity index (χ1) is 8.49. The van der Waals surface area contributed by atoms with E-state index >= 15 is 0 Å². The number of rotatable bonds is 3. The summed E-state index contributed by atoms with van der Waals surface area (Å²) in [6.45, 7) is 0.214. The van der Waals surface area contributed by atoms with E-state index in [4.69, 9.17) is 10.6 Å². The van der Waals surface area contributed by atoms with Gasteiger partial charge in [-0.05, 0) is 12.1 Å². The Hall–Kier alpha value is -2.19. The number of carbonyl (C=O) groups is 1. The number of primary amides is 1. The van der Waals surface area contributed by atoms with E-state index in [-0.39, 0.29) is 30.1 Å². The Morgan fingerprint density at radius 2 is 2.33 bits per heavy atom. The normalized spacial score (nSPS) is 18.9. The van der Waals surface area contributed by atoms with Crippen LogP contribution in [0.25, 0.3) is 0 Å². The molecule has 1 aliphatic rings. The summed E-state index contributed by atoms with van der Waals surface area (Å²) in [5, 5.41) is 21.5. The van der Waals surface area contributed by atoms with Gasteiger partial charge in [0.2, 0.25) is 5.91 Å². The summed E-state index contributed by atoms with van der Waals surface area (Å²) in [7, 11) is 0. The SMILES string of the molecule is NC(=O)c1ccc(N2CC(O)CO2)c([N+](=O)[O-])c1. The first-order valence-electron chi connectivity index (χ1n) is 5.16. The van der Waals surface area contributed by atoms with Crippen LogP contribution >= 0.6 is 0 Å². The van der Waals surface area contributed by atoms with E-state index in [1.165, 1.54) is 17.2 Å². The molecule has 1 atom stereocenters. The molecule has 1 aromatic carbocycles. The molecule has 0 saturated carbocycles. The van der Waals surface area contributed by atoms with Crippen molar-refractivity contribution in [2.75, 3.05) is 18.2 Å². The molecule has 3 N–H and O–H groups in total. The summed E-state index contributed by atoms with van der Waals surface area (Å²) in [6.07, 6.45) is -0.694. The fourth-order valence-corrected chi connectivity index (χ4v) is 1.67. The highest BCUT2D eigenvalue weighted by Crippen LogP contribution is 2.31. The molecule has 0 spiro atoms. The first-order valence-corrected chi connectivity index (χ1v) is 5.16. The van der Waals surface area contributed by atoms with Crippen LogP contribution < -0.4 is 10.8 Å². The van der Waals surface area contributed by atoms with Crippen LogP contribution in [-0.4, -0.2) is 35.2 Å². The highest BCUT2D eigenvalue weighted by atomic mass is 16.7. The van der Waals surface area contributed by atoms with Crippen LogP contribution in [0.5, 0.6) is 0 Å². The number of benzene rings is 1. The quantitative estimate of drug-likeness (QED) is 0.569.